The zero-order valence-corrected chi connectivity index (χ0v) is 41.5. The largest absolute Gasteiger partial charge is 0.506 e. The second-order valence-corrected chi connectivity index (χ2v) is 23.4. The van der Waals surface area contributed by atoms with Gasteiger partial charge in [-0.3, -0.25) is 0 Å². The predicted molar refractivity (Wildman–Crippen MR) is 272 cm³/mol. The second-order valence-electron chi connectivity index (χ2n) is 17.9. The lowest BCUT2D eigenvalue weighted by molar-refractivity contribution is -0.275. The zero-order valence-electron chi connectivity index (χ0n) is 38.2. The molecule has 1 unspecified atom stereocenters. The molecule has 0 bridgehead atoms. The summed E-state index contributed by atoms with van der Waals surface area (Å²) in [6, 6.07) is 63.1. The highest BCUT2D eigenvalue weighted by Gasteiger charge is 2.52. The highest BCUT2D eigenvalue weighted by Crippen LogP contribution is 2.47. The van der Waals surface area contributed by atoms with Crippen LogP contribution < -0.4 is 10.4 Å². The number of rotatable bonds is 19. The van der Waals surface area contributed by atoms with E-state index in [-0.39, 0.29) is 37.2 Å². The summed E-state index contributed by atoms with van der Waals surface area (Å²) in [5, 5.41) is 14.6. The molecule has 0 spiro atoms. The van der Waals surface area contributed by atoms with E-state index in [0.717, 1.165) is 32.6 Å². The molecule has 7 aromatic carbocycles. The molecule has 0 radical (unpaired) electrons. The average Bonchev–Trinajstić information content (AvgIpc) is 3.36. The van der Waals surface area contributed by atoms with Crippen LogP contribution in [0.5, 0.6) is 5.75 Å². The van der Waals surface area contributed by atoms with E-state index in [2.05, 4.69) is 85.2 Å². The molecule has 0 aromatic heterocycles. The maximum Gasteiger partial charge on any atom is 0.261 e. The van der Waals surface area contributed by atoms with Gasteiger partial charge in [0.2, 0.25) is 0 Å². The van der Waals surface area contributed by atoms with Crippen LogP contribution in [0.15, 0.2) is 193 Å². The molecular weight excluding hydrogens is 940 g/mol. The number of benzene rings is 7. The molecule has 8 rings (SSSR count). The van der Waals surface area contributed by atoms with Crippen molar-refractivity contribution in [3.63, 3.8) is 0 Å². The molecule has 0 aliphatic carbocycles. The average molecular weight is 999 g/mol. The van der Waals surface area contributed by atoms with Crippen molar-refractivity contribution in [2.24, 2.45) is 0 Å². The number of phenolic OH excluding ortho intramolecular Hbond substituents is 1. The molecule has 7 aromatic rings. The van der Waals surface area contributed by atoms with Crippen LogP contribution >= 0.6 is 27.5 Å². The van der Waals surface area contributed by atoms with Gasteiger partial charge in [-0.15, -0.1) is 0 Å². The Labute approximate surface area is 409 Å². The minimum Gasteiger partial charge on any atom is -0.506 e. The first-order valence-corrected chi connectivity index (χ1v) is 25.9. The van der Waals surface area contributed by atoms with Gasteiger partial charge >= 0.3 is 0 Å². The molecule has 1 fully saturated rings. The molecular formula is C57H58BrClO7Si. The Bertz CT molecular complexity index is 2550. The van der Waals surface area contributed by atoms with Gasteiger partial charge in [0.05, 0.1) is 49.1 Å². The van der Waals surface area contributed by atoms with Gasteiger partial charge in [-0.25, -0.2) is 0 Å². The number of hydrogen-bond acceptors (Lipinski definition) is 7. The summed E-state index contributed by atoms with van der Waals surface area (Å²) >= 11 is 10.9. The Morgan fingerprint density at radius 2 is 0.955 bits per heavy atom. The summed E-state index contributed by atoms with van der Waals surface area (Å²) in [4.78, 5) is 0. The van der Waals surface area contributed by atoms with Gasteiger partial charge in [0.15, 0.2) is 0 Å². The Morgan fingerprint density at radius 1 is 0.552 bits per heavy atom. The monoisotopic (exact) mass is 996 g/mol. The van der Waals surface area contributed by atoms with Crippen LogP contribution in [0.25, 0.3) is 0 Å². The smallest absolute Gasteiger partial charge is 0.261 e. The van der Waals surface area contributed by atoms with E-state index in [4.69, 9.17) is 39.7 Å². The molecule has 10 heteroatoms. The molecule has 1 aliphatic heterocycles. The van der Waals surface area contributed by atoms with Crippen molar-refractivity contribution < 1.29 is 33.2 Å². The molecule has 1 saturated heterocycles. The summed E-state index contributed by atoms with van der Waals surface area (Å²) in [5.41, 5.74) is 5.15. The van der Waals surface area contributed by atoms with Crippen molar-refractivity contribution in [1.82, 2.24) is 0 Å². The van der Waals surface area contributed by atoms with Gasteiger partial charge < -0.3 is 33.2 Å². The highest BCUT2D eigenvalue weighted by molar-refractivity contribution is 9.10. The number of aromatic hydroxyl groups is 1. The van der Waals surface area contributed by atoms with E-state index in [1.54, 1.807) is 0 Å². The van der Waals surface area contributed by atoms with Crippen molar-refractivity contribution in [3.8, 4) is 5.75 Å². The minimum atomic E-state index is -3.01. The quantitative estimate of drug-likeness (QED) is 0.0809. The Morgan fingerprint density at radius 3 is 1.40 bits per heavy atom. The zero-order chi connectivity index (χ0) is 46.6. The van der Waals surface area contributed by atoms with Gasteiger partial charge in [0.25, 0.3) is 8.32 Å². The van der Waals surface area contributed by atoms with Gasteiger partial charge in [0, 0.05) is 5.56 Å². The normalized spacial score (nSPS) is 18.7. The van der Waals surface area contributed by atoms with Crippen LogP contribution in [0.1, 0.15) is 60.3 Å². The van der Waals surface area contributed by atoms with Crippen molar-refractivity contribution in [3.05, 3.63) is 231 Å². The van der Waals surface area contributed by atoms with Gasteiger partial charge in [-0.2, -0.15) is 0 Å². The van der Waals surface area contributed by atoms with E-state index in [9.17, 15) is 5.11 Å². The molecule has 1 N–H and O–H groups in total. The lowest BCUT2D eigenvalue weighted by Crippen LogP contribution is -2.66. The van der Waals surface area contributed by atoms with Crippen molar-refractivity contribution in [2.75, 3.05) is 6.61 Å². The summed E-state index contributed by atoms with van der Waals surface area (Å²) < 4.78 is 42.5. The number of phenols is 1. The first kappa shape index (κ1) is 48.5. The molecule has 346 valence electrons. The van der Waals surface area contributed by atoms with Crippen LogP contribution in [0.2, 0.25) is 10.1 Å². The molecule has 1 aliphatic rings. The van der Waals surface area contributed by atoms with E-state index < -0.39 is 38.8 Å². The fourth-order valence-corrected chi connectivity index (χ4v) is 14.2. The number of hydrogen-bond donors (Lipinski definition) is 1. The summed E-state index contributed by atoms with van der Waals surface area (Å²) in [5.74, 6) is -0.0630. The number of halogens is 2. The van der Waals surface area contributed by atoms with Crippen molar-refractivity contribution >= 4 is 46.2 Å². The molecule has 5 atom stereocenters. The minimum absolute atomic E-state index is 0.0630. The molecule has 0 amide bonds. The van der Waals surface area contributed by atoms with Crippen LogP contribution in [-0.2, 0) is 61.1 Å². The van der Waals surface area contributed by atoms with Crippen LogP contribution in [0.3, 0.4) is 0 Å². The van der Waals surface area contributed by atoms with Gasteiger partial charge in [-0.05, 0) is 65.2 Å². The summed E-state index contributed by atoms with van der Waals surface area (Å²) in [6.45, 7) is 8.24. The van der Waals surface area contributed by atoms with Crippen LogP contribution in [-0.4, -0.2) is 44.4 Å². The maximum absolute atomic E-state index is 12.3. The Kier molecular flexibility index (Phi) is 16.6. The predicted octanol–water partition coefficient (Wildman–Crippen LogP) is 12.3. The van der Waals surface area contributed by atoms with E-state index >= 15 is 0 Å². The van der Waals surface area contributed by atoms with Crippen molar-refractivity contribution in [2.45, 2.75) is 89.4 Å². The summed E-state index contributed by atoms with van der Waals surface area (Å²) in [6.07, 6.45) is -3.71. The SMILES string of the molecule is CC(C)(C)[Si](OCc1cc(C2O[C@H](COCc3ccccc3)[C@@H](OCc3ccccc3)[C@H](OCc3ccccc3)[C@H]2OCc2ccccc2)c(O)c(Br)c1Cl)(c1ccccc1)c1ccccc1. The first-order valence-electron chi connectivity index (χ1n) is 22.8. The Balaban J connectivity index is 1.22. The Hall–Kier alpha value is -4.91. The topological polar surface area (TPSA) is 75.6 Å². The second kappa shape index (κ2) is 22.9. The number of ether oxygens (including phenoxy) is 5. The summed E-state index contributed by atoms with van der Waals surface area (Å²) in [7, 11) is -3.01. The molecule has 0 saturated carbocycles. The van der Waals surface area contributed by atoms with E-state index in [1.165, 1.54) is 0 Å². The van der Waals surface area contributed by atoms with E-state index in [1.807, 2.05) is 140 Å². The third-order valence-electron chi connectivity index (χ3n) is 12.3. The molecule has 1 heterocycles. The maximum atomic E-state index is 12.3. The van der Waals surface area contributed by atoms with Gasteiger partial charge in [0.1, 0.15) is 36.3 Å². The van der Waals surface area contributed by atoms with E-state index in [0.29, 0.717) is 33.8 Å². The third-order valence-corrected chi connectivity index (χ3v) is 18.8. The van der Waals surface area contributed by atoms with Crippen LogP contribution in [0.4, 0.5) is 0 Å². The molecule has 7 nitrogen and oxygen atoms in total. The van der Waals surface area contributed by atoms with Crippen molar-refractivity contribution in [1.29, 1.82) is 0 Å². The lowest BCUT2D eigenvalue weighted by Gasteiger charge is -2.46. The van der Waals surface area contributed by atoms with Gasteiger partial charge in [-0.1, -0.05) is 214 Å². The third kappa shape index (κ3) is 11.7. The molecule has 67 heavy (non-hydrogen) atoms. The highest BCUT2D eigenvalue weighted by atomic mass is 79.9. The standard InChI is InChI=1S/C57H58BrClO7Si/c1-57(2,3)67(46-30-18-8-19-31-46,47-32-20-9-21-33-47)65-39-45-34-48(52(60)50(58)51(45)59)53-55(63-37-43-26-14-6-15-27-43)56(64-38-44-28-16-7-17-29-44)54(62-36-42-24-12-5-13-25-42)49(66-53)40-61-35-41-22-10-4-11-23-41/h4-34,49,53-56,60H,35-40H2,1-3H3/t49-,53?,54-,55+,56+/m1/s1. The van der Waals surface area contributed by atoms with Crippen LogP contribution in [0, 0.1) is 0 Å². The fourth-order valence-electron chi connectivity index (χ4n) is 9.00. The first-order chi connectivity index (χ1) is 32.6. The fraction of sp³-hybridized carbons (Fsp3) is 0.263. The lowest BCUT2D eigenvalue weighted by atomic mass is 9.89.